The number of hydrogen-bond acceptors (Lipinski definition) is 2. The first-order chi connectivity index (χ1) is 8.30. The molecule has 0 spiro atoms. The van der Waals surface area contributed by atoms with Gasteiger partial charge in [-0.2, -0.15) is 13.2 Å². The molecule has 6 heteroatoms. The maximum Gasteiger partial charge on any atom is 0.393 e. The van der Waals surface area contributed by atoms with E-state index in [1.54, 1.807) is 13.8 Å². The van der Waals surface area contributed by atoms with Crippen LogP contribution in [0.3, 0.4) is 0 Å². The van der Waals surface area contributed by atoms with Gasteiger partial charge in [-0.15, -0.1) is 0 Å². The Morgan fingerprint density at radius 1 is 1.33 bits per heavy atom. The highest BCUT2D eigenvalue weighted by Crippen LogP contribution is 2.37. The Morgan fingerprint density at radius 3 is 2.50 bits per heavy atom. The molecular formula is C12H20F3NO2. The number of carbonyl (C=O) groups excluding carboxylic acids is 1. The number of halogens is 3. The number of ether oxygens (including phenoxy) is 1. The first-order valence-corrected chi connectivity index (χ1v) is 6.28. The van der Waals surface area contributed by atoms with E-state index in [1.165, 1.54) is 0 Å². The lowest BCUT2D eigenvalue weighted by molar-refractivity contribution is -0.189. The lowest BCUT2D eigenvalue weighted by Gasteiger charge is -2.33. The van der Waals surface area contributed by atoms with Gasteiger partial charge in [-0.1, -0.05) is 12.8 Å². The van der Waals surface area contributed by atoms with Crippen LogP contribution in [0.2, 0.25) is 0 Å². The van der Waals surface area contributed by atoms with E-state index in [-0.39, 0.29) is 19.1 Å². The highest BCUT2D eigenvalue weighted by Gasteiger charge is 2.45. The fourth-order valence-electron chi connectivity index (χ4n) is 2.19. The van der Waals surface area contributed by atoms with Gasteiger partial charge >= 0.3 is 6.18 Å². The summed E-state index contributed by atoms with van der Waals surface area (Å²) in [5, 5.41) is 2.45. The van der Waals surface area contributed by atoms with E-state index in [2.05, 4.69) is 5.32 Å². The van der Waals surface area contributed by atoms with E-state index in [4.69, 9.17) is 4.74 Å². The number of amides is 1. The van der Waals surface area contributed by atoms with Crippen molar-refractivity contribution in [3.05, 3.63) is 0 Å². The molecule has 1 fully saturated rings. The van der Waals surface area contributed by atoms with Gasteiger partial charge in [0.15, 0.2) is 0 Å². The lowest BCUT2D eigenvalue weighted by Crippen LogP contribution is -2.48. The second kappa shape index (κ2) is 6.41. The molecule has 0 aliphatic heterocycles. The van der Waals surface area contributed by atoms with Crippen LogP contribution in [0.1, 0.15) is 39.5 Å². The summed E-state index contributed by atoms with van der Waals surface area (Å²) >= 11 is 0. The number of nitrogens with one attached hydrogen (secondary N) is 1. The number of alkyl halides is 3. The van der Waals surface area contributed by atoms with E-state index < -0.39 is 24.0 Å². The normalized spacial score (nSPS) is 25.2. The molecule has 0 bridgehead atoms. The zero-order valence-electron chi connectivity index (χ0n) is 10.7. The SMILES string of the molecule is CC(C)OCC(=O)NC1CCCCC1C(F)(F)F. The fraction of sp³-hybridized carbons (Fsp3) is 0.917. The summed E-state index contributed by atoms with van der Waals surface area (Å²) in [7, 11) is 0. The van der Waals surface area contributed by atoms with Crippen LogP contribution in [0.25, 0.3) is 0 Å². The Balaban J connectivity index is 2.49. The van der Waals surface area contributed by atoms with E-state index in [9.17, 15) is 18.0 Å². The van der Waals surface area contributed by atoms with E-state index >= 15 is 0 Å². The second-order valence-electron chi connectivity index (χ2n) is 4.97. The van der Waals surface area contributed by atoms with Crippen molar-refractivity contribution in [1.29, 1.82) is 0 Å². The van der Waals surface area contributed by atoms with Crippen molar-refractivity contribution in [2.75, 3.05) is 6.61 Å². The monoisotopic (exact) mass is 267 g/mol. The third-order valence-electron chi connectivity index (χ3n) is 3.08. The van der Waals surface area contributed by atoms with Gasteiger partial charge in [0.2, 0.25) is 5.91 Å². The lowest BCUT2D eigenvalue weighted by atomic mass is 9.84. The zero-order valence-corrected chi connectivity index (χ0v) is 10.7. The minimum atomic E-state index is -4.24. The van der Waals surface area contributed by atoms with Gasteiger partial charge in [0.05, 0.1) is 12.0 Å². The summed E-state index contributed by atoms with van der Waals surface area (Å²) in [4.78, 5) is 11.5. The Bertz CT molecular complexity index is 279. The average molecular weight is 267 g/mol. The summed E-state index contributed by atoms with van der Waals surface area (Å²) in [6, 6.07) is -0.804. The molecule has 0 aromatic heterocycles. The van der Waals surface area contributed by atoms with Crippen LogP contribution in [0, 0.1) is 5.92 Å². The standard InChI is InChI=1S/C12H20F3NO2/c1-8(2)18-7-11(17)16-10-6-4-3-5-9(10)12(13,14)15/h8-10H,3-7H2,1-2H3,(H,16,17). The van der Waals surface area contributed by atoms with Crippen LogP contribution in [0.5, 0.6) is 0 Å². The van der Waals surface area contributed by atoms with Crippen molar-refractivity contribution in [3.8, 4) is 0 Å². The van der Waals surface area contributed by atoms with Gasteiger partial charge < -0.3 is 10.1 Å². The molecule has 0 saturated heterocycles. The quantitative estimate of drug-likeness (QED) is 0.850. The van der Waals surface area contributed by atoms with Gasteiger partial charge in [-0.25, -0.2) is 0 Å². The van der Waals surface area contributed by atoms with Crippen molar-refractivity contribution >= 4 is 5.91 Å². The Labute approximate surface area is 105 Å². The number of hydrogen-bond donors (Lipinski definition) is 1. The van der Waals surface area contributed by atoms with Crippen molar-refractivity contribution < 1.29 is 22.7 Å². The Morgan fingerprint density at radius 2 is 1.94 bits per heavy atom. The van der Waals surface area contributed by atoms with Crippen LogP contribution in [0.15, 0.2) is 0 Å². The molecule has 1 amide bonds. The molecule has 0 heterocycles. The van der Waals surface area contributed by atoms with Crippen molar-refractivity contribution in [1.82, 2.24) is 5.32 Å². The maximum atomic E-state index is 12.8. The third kappa shape index (κ3) is 4.84. The van der Waals surface area contributed by atoms with Gasteiger partial charge in [-0.05, 0) is 26.7 Å². The molecule has 106 valence electrons. The number of carbonyl (C=O) groups is 1. The summed E-state index contributed by atoms with van der Waals surface area (Å²) in [6.07, 6.45) is -2.57. The van der Waals surface area contributed by atoms with Crippen LogP contribution in [0.4, 0.5) is 13.2 Å². The first-order valence-electron chi connectivity index (χ1n) is 6.28. The zero-order chi connectivity index (χ0) is 13.8. The molecule has 0 radical (unpaired) electrons. The van der Waals surface area contributed by atoms with Gasteiger partial charge in [-0.3, -0.25) is 4.79 Å². The summed E-state index contributed by atoms with van der Waals surface area (Å²) in [6.45, 7) is 3.36. The molecule has 1 aliphatic carbocycles. The van der Waals surface area contributed by atoms with Crippen LogP contribution in [-0.2, 0) is 9.53 Å². The molecule has 0 aromatic carbocycles. The Hall–Kier alpha value is -0.780. The second-order valence-corrected chi connectivity index (χ2v) is 4.97. The number of rotatable bonds is 4. The predicted octanol–water partition coefficient (Wildman–Crippen LogP) is 2.65. The van der Waals surface area contributed by atoms with Crippen molar-refractivity contribution in [3.63, 3.8) is 0 Å². The molecule has 0 aromatic rings. The third-order valence-corrected chi connectivity index (χ3v) is 3.08. The van der Waals surface area contributed by atoms with Gasteiger partial charge in [0.1, 0.15) is 6.61 Å². The maximum absolute atomic E-state index is 12.8. The van der Waals surface area contributed by atoms with Crippen LogP contribution < -0.4 is 5.32 Å². The summed E-state index contributed by atoms with van der Waals surface area (Å²) < 4.78 is 43.4. The largest absolute Gasteiger partial charge is 0.393 e. The average Bonchev–Trinajstić information content (AvgIpc) is 2.25. The van der Waals surface area contributed by atoms with E-state index in [0.29, 0.717) is 12.8 Å². The highest BCUT2D eigenvalue weighted by atomic mass is 19.4. The summed E-state index contributed by atoms with van der Waals surface area (Å²) in [5.74, 6) is -1.89. The van der Waals surface area contributed by atoms with E-state index in [0.717, 1.165) is 6.42 Å². The molecule has 1 N–H and O–H groups in total. The molecule has 3 nitrogen and oxygen atoms in total. The molecule has 18 heavy (non-hydrogen) atoms. The Kier molecular flexibility index (Phi) is 5.44. The smallest absolute Gasteiger partial charge is 0.369 e. The van der Waals surface area contributed by atoms with E-state index in [1.807, 2.05) is 0 Å². The van der Waals surface area contributed by atoms with Gasteiger partial charge in [0, 0.05) is 6.04 Å². The van der Waals surface area contributed by atoms with Crippen LogP contribution in [-0.4, -0.2) is 30.8 Å². The highest BCUT2D eigenvalue weighted by molar-refractivity contribution is 5.77. The molecular weight excluding hydrogens is 247 g/mol. The fourth-order valence-corrected chi connectivity index (χ4v) is 2.19. The van der Waals surface area contributed by atoms with Gasteiger partial charge in [0.25, 0.3) is 0 Å². The minimum Gasteiger partial charge on any atom is -0.369 e. The predicted molar refractivity (Wildman–Crippen MR) is 61.0 cm³/mol. The molecule has 1 aliphatic rings. The van der Waals surface area contributed by atoms with Crippen molar-refractivity contribution in [2.45, 2.75) is 57.9 Å². The minimum absolute atomic E-state index is 0.0967. The topological polar surface area (TPSA) is 38.3 Å². The first kappa shape index (κ1) is 15.3. The molecule has 2 atom stereocenters. The summed E-state index contributed by atoms with van der Waals surface area (Å²) in [5.41, 5.74) is 0. The molecule has 2 unspecified atom stereocenters. The molecule has 1 saturated carbocycles. The molecule has 1 rings (SSSR count). The van der Waals surface area contributed by atoms with Crippen molar-refractivity contribution in [2.24, 2.45) is 5.92 Å². The van der Waals surface area contributed by atoms with Crippen LogP contribution >= 0.6 is 0 Å².